The molecule has 13 heavy (non-hydrogen) atoms. The van der Waals surface area contributed by atoms with Crippen LogP contribution in [0.2, 0.25) is 0 Å². The van der Waals surface area contributed by atoms with Gasteiger partial charge in [-0.3, -0.25) is 0 Å². The first kappa shape index (κ1) is 9.77. The van der Waals surface area contributed by atoms with Gasteiger partial charge in [0.05, 0.1) is 5.69 Å². The number of nitrogens with two attached hydrogens (primary N) is 1. The Morgan fingerprint density at radius 1 is 1.46 bits per heavy atom. The lowest BCUT2D eigenvalue weighted by Gasteiger charge is -2.08. The molecule has 0 atom stereocenters. The Morgan fingerprint density at radius 2 is 2.15 bits per heavy atom. The van der Waals surface area contributed by atoms with E-state index in [2.05, 4.69) is 0 Å². The predicted molar refractivity (Wildman–Crippen MR) is 47.1 cm³/mol. The highest BCUT2D eigenvalue weighted by Gasteiger charge is 2.05. The molecule has 1 aromatic carbocycles. The molecule has 0 aliphatic heterocycles. The molecule has 1 aromatic rings. The van der Waals surface area contributed by atoms with Crippen molar-refractivity contribution in [2.75, 3.05) is 12.3 Å². The van der Waals surface area contributed by atoms with Gasteiger partial charge in [0.2, 0.25) is 0 Å². The zero-order valence-electron chi connectivity index (χ0n) is 7.26. The fourth-order valence-corrected chi connectivity index (χ4v) is 0.952. The standard InChI is InChI=1S/C9H11F2NO/c1-6-2-3-8(7(12)4-6)13-5-9(10)11/h2-4,9H,5,12H2,1H3. The van der Waals surface area contributed by atoms with E-state index in [1.807, 2.05) is 6.92 Å². The minimum atomic E-state index is -2.47. The average molecular weight is 187 g/mol. The number of hydrogen-bond acceptors (Lipinski definition) is 2. The Hall–Kier alpha value is -1.32. The second-order valence-electron chi connectivity index (χ2n) is 2.74. The Balaban J connectivity index is 2.67. The molecule has 0 unspecified atom stereocenters. The van der Waals surface area contributed by atoms with Crippen LogP contribution in [-0.4, -0.2) is 13.0 Å². The van der Waals surface area contributed by atoms with Crippen LogP contribution in [0.4, 0.5) is 14.5 Å². The van der Waals surface area contributed by atoms with Crippen LogP contribution in [0.1, 0.15) is 5.56 Å². The van der Waals surface area contributed by atoms with E-state index in [1.165, 1.54) is 0 Å². The minimum absolute atomic E-state index is 0.311. The zero-order valence-corrected chi connectivity index (χ0v) is 7.26. The summed E-state index contributed by atoms with van der Waals surface area (Å²) in [6.07, 6.45) is -2.47. The van der Waals surface area contributed by atoms with E-state index >= 15 is 0 Å². The van der Waals surface area contributed by atoms with Crippen LogP contribution in [0.3, 0.4) is 0 Å². The fourth-order valence-electron chi connectivity index (χ4n) is 0.952. The van der Waals surface area contributed by atoms with Crippen molar-refractivity contribution in [3.63, 3.8) is 0 Å². The third-order valence-corrected chi connectivity index (χ3v) is 1.53. The molecule has 2 nitrogen and oxygen atoms in total. The zero-order chi connectivity index (χ0) is 9.84. The second kappa shape index (κ2) is 4.07. The van der Waals surface area contributed by atoms with E-state index in [0.29, 0.717) is 11.4 Å². The SMILES string of the molecule is Cc1ccc(OCC(F)F)c(N)c1. The van der Waals surface area contributed by atoms with Crippen molar-refractivity contribution in [3.05, 3.63) is 23.8 Å². The topological polar surface area (TPSA) is 35.2 Å². The third-order valence-electron chi connectivity index (χ3n) is 1.53. The number of rotatable bonds is 3. The number of anilines is 1. The Bertz CT molecular complexity index is 289. The lowest BCUT2D eigenvalue weighted by Crippen LogP contribution is -2.08. The fraction of sp³-hybridized carbons (Fsp3) is 0.333. The lowest BCUT2D eigenvalue weighted by atomic mass is 10.2. The molecule has 0 aliphatic rings. The molecular formula is C9H11F2NO. The molecule has 0 saturated carbocycles. The van der Waals surface area contributed by atoms with Crippen molar-refractivity contribution >= 4 is 5.69 Å². The number of halogens is 2. The molecule has 0 saturated heterocycles. The van der Waals surface area contributed by atoms with Gasteiger partial charge in [0, 0.05) is 0 Å². The van der Waals surface area contributed by atoms with Crippen molar-refractivity contribution in [3.8, 4) is 5.75 Å². The minimum Gasteiger partial charge on any atom is -0.485 e. The van der Waals surface area contributed by atoms with E-state index in [0.717, 1.165) is 5.56 Å². The molecule has 1 rings (SSSR count). The Morgan fingerprint density at radius 3 is 2.69 bits per heavy atom. The van der Waals surface area contributed by atoms with Crippen LogP contribution in [0.15, 0.2) is 18.2 Å². The molecule has 0 amide bonds. The normalized spacial score (nSPS) is 10.5. The van der Waals surface area contributed by atoms with Gasteiger partial charge in [-0.15, -0.1) is 0 Å². The maximum Gasteiger partial charge on any atom is 0.272 e. The van der Waals surface area contributed by atoms with Gasteiger partial charge >= 0.3 is 0 Å². The first-order valence-corrected chi connectivity index (χ1v) is 3.86. The summed E-state index contributed by atoms with van der Waals surface area (Å²) in [5, 5.41) is 0. The van der Waals surface area contributed by atoms with E-state index in [4.69, 9.17) is 10.5 Å². The summed E-state index contributed by atoms with van der Waals surface area (Å²) in [5.41, 5.74) is 6.90. The summed E-state index contributed by atoms with van der Waals surface area (Å²) >= 11 is 0. The van der Waals surface area contributed by atoms with Gasteiger partial charge in [-0.25, -0.2) is 8.78 Å². The van der Waals surface area contributed by atoms with Gasteiger partial charge in [-0.1, -0.05) is 6.07 Å². The number of aryl methyl sites for hydroxylation is 1. The van der Waals surface area contributed by atoms with Gasteiger partial charge in [0.15, 0.2) is 0 Å². The van der Waals surface area contributed by atoms with Crippen LogP contribution in [0, 0.1) is 6.92 Å². The molecule has 0 radical (unpaired) electrons. The van der Waals surface area contributed by atoms with Crippen LogP contribution in [0.25, 0.3) is 0 Å². The van der Waals surface area contributed by atoms with Crippen LogP contribution in [-0.2, 0) is 0 Å². The van der Waals surface area contributed by atoms with Crippen LogP contribution < -0.4 is 10.5 Å². The van der Waals surface area contributed by atoms with Crippen molar-refractivity contribution in [2.24, 2.45) is 0 Å². The third kappa shape index (κ3) is 2.89. The van der Waals surface area contributed by atoms with E-state index in [9.17, 15) is 8.78 Å². The Labute approximate surface area is 75.3 Å². The Kier molecular flexibility index (Phi) is 3.06. The number of nitrogen functional groups attached to an aromatic ring is 1. The molecule has 2 N–H and O–H groups in total. The molecule has 0 aromatic heterocycles. The molecule has 0 heterocycles. The highest BCUT2D eigenvalue weighted by Crippen LogP contribution is 2.22. The summed E-state index contributed by atoms with van der Waals surface area (Å²) in [4.78, 5) is 0. The largest absolute Gasteiger partial charge is 0.485 e. The van der Waals surface area contributed by atoms with Crippen molar-refractivity contribution < 1.29 is 13.5 Å². The van der Waals surface area contributed by atoms with E-state index in [1.54, 1.807) is 18.2 Å². The molecular weight excluding hydrogens is 176 g/mol. The average Bonchev–Trinajstić information content (AvgIpc) is 2.02. The lowest BCUT2D eigenvalue weighted by molar-refractivity contribution is 0.0823. The highest BCUT2D eigenvalue weighted by atomic mass is 19.3. The molecule has 0 spiro atoms. The summed E-state index contributed by atoms with van der Waals surface area (Å²) < 4.78 is 28.3. The molecule has 0 aliphatic carbocycles. The van der Waals surface area contributed by atoms with Gasteiger partial charge in [0.25, 0.3) is 6.43 Å². The number of ether oxygens (including phenoxy) is 1. The number of benzene rings is 1. The number of hydrogen-bond donors (Lipinski definition) is 1. The maximum absolute atomic E-state index is 11.8. The molecule has 72 valence electrons. The quantitative estimate of drug-likeness (QED) is 0.736. The van der Waals surface area contributed by atoms with E-state index in [-0.39, 0.29) is 0 Å². The summed E-state index contributed by atoms with van der Waals surface area (Å²) in [6, 6.07) is 5.03. The molecule has 0 fully saturated rings. The first-order chi connectivity index (χ1) is 6.09. The van der Waals surface area contributed by atoms with Gasteiger partial charge in [-0.05, 0) is 24.6 Å². The molecule has 0 bridgehead atoms. The monoisotopic (exact) mass is 187 g/mol. The summed E-state index contributed by atoms with van der Waals surface area (Å²) in [7, 11) is 0. The second-order valence-corrected chi connectivity index (χ2v) is 2.74. The highest BCUT2D eigenvalue weighted by molar-refractivity contribution is 5.53. The maximum atomic E-state index is 11.8. The van der Waals surface area contributed by atoms with Crippen molar-refractivity contribution in [1.82, 2.24) is 0 Å². The van der Waals surface area contributed by atoms with Crippen molar-refractivity contribution in [1.29, 1.82) is 0 Å². The summed E-state index contributed by atoms with van der Waals surface area (Å²) in [6.45, 7) is 1.25. The van der Waals surface area contributed by atoms with Gasteiger partial charge in [-0.2, -0.15) is 0 Å². The first-order valence-electron chi connectivity index (χ1n) is 3.86. The van der Waals surface area contributed by atoms with Crippen molar-refractivity contribution in [2.45, 2.75) is 13.3 Å². The predicted octanol–water partition coefficient (Wildman–Crippen LogP) is 2.22. The smallest absolute Gasteiger partial charge is 0.272 e. The van der Waals surface area contributed by atoms with Crippen LogP contribution in [0.5, 0.6) is 5.75 Å². The number of alkyl halides is 2. The van der Waals surface area contributed by atoms with Gasteiger partial charge in [0.1, 0.15) is 12.4 Å². The molecule has 4 heteroatoms. The van der Waals surface area contributed by atoms with Crippen LogP contribution >= 0.6 is 0 Å². The van der Waals surface area contributed by atoms with E-state index < -0.39 is 13.0 Å². The summed E-state index contributed by atoms with van der Waals surface area (Å²) in [5.74, 6) is 0.311. The van der Waals surface area contributed by atoms with Gasteiger partial charge < -0.3 is 10.5 Å².